The summed E-state index contributed by atoms with van der Waals surface area (Å²) in [6, 6.07) is 9.30. The van der Waals surface area contributed by atoms with Gasteiger partial charge in [-0.1, -0.05) is 54.8 Å². The lowest BCUT2D eigenvalue weighted by atomic mass is 9.80. The highest BCUT2D eigenvalue weighted by Crippen LogP contribution is 2.41. The van der Waals surface area contributed by atoms with Gasteiger partial charge >= 0.3 is 5.97 Å². The minimum absolute atomic E-state index is 0. The van der Waals surface area contributed by atoms with E-state index in [1.165, 1.54) is 5.57 Å². The van der Waals surface area contributed by atoms with E-state index in [2.05, 4.69) is 18.0 Å². The standard InChI is InChI=1S/C21H29NO3.ClH/c1-22-14-11-17(12-15-22)13-16-25-20(23)21(24,19-9-5-6-10-19)18-7-3-2-4-8-18;/h2-4,7-8,11,19,24H,5-6,9-10,12-16H2,1H3;1H/p-1. The summed E-state index contributed by atoms with van der Waals surface area (Å²) in [5.74, 6) is -0.538. The van der Waals surface area contributed by atoms with E-state index in [9.17, 15) is 9.90 Å². The summed E-state index contributed by atoms with van der Waals surface area (Å²) in [6.45, 7) is 2.35. The maximum atomic E-state index is 12.8. The Morgan fingerprint density at radius 2 is 1.96 bits per heavy atom. The third-order valence-corrected chi connectivity index (χ3v) is 5.63. The van der Waals surface area contributed by atoms with Gasteiger partial charge in [0.05, 0.1) is 6.61 Å². The first kappa shape index (κ1) is 20.9. The van der Waals surface area contributed by atoms with Crippen molar-refractivity contribution in [2.45, 2.75) is 44.1 Å². The Bertz CT molecular complexity index is 613. The van der Waals surface area contributed by atoms with Crippen LogP contribution in [-0.2, 0) is 15.1 Å². The fourth-order valence-electron chi connectivity index (χ4n) is 3.98. The van der Waals surface area contributed by atoms with E-state index in [1.807, 2.05) is 30.3 Å². The molecule has 5 heteroatoms. The Morgan fingerprint density at radius 1 is 1.27 bits per heavy atom. The molecular formula is C21H29ClNO3-. The maximum Gasteiger partial charge on any atom is 0.343 e. The topological polar surface area (TPSA) is 49.8 Å². The minimum Gasteiger partial charge on any atom is -1.00 e. The number of nitrogens with zero attached hydrogens (tertiary/aromatic N) is 1. The molecule has 26 heavy (non-hydrogen) atoms. The van der Waals surface area contributed by atoms with E-state index < -0.39 is 11.6 Å². The van der Waals surface area contributed by atoms with Gasteiger partial charge in [0.1, 0.15) is 0 Å². The number of esters is 1. The van der Waals surface area contributed by atoms with Crippen molar-refractivity contribution in [2.24, 2.45) is 5.92 Å². The number of hydrogen-bond acceptors (Lipinski definition) is 4. The van der Waals surface area contributed by atoms with Crippen molar-refractivity contribution in [1.82, 2.24) is 4.90 Å². The van der Waals surface area contributed by atoms with Crippen LogP contribution in [0.25, 0.3) is 0 Å². The lowest BCUT2D eigenvalue weighted by Gasteiger charge is -2.32. The third-order valence-electron chi connectivity index (χ3n) is 5.63. The predicted octanol–water partition coefficient (Wildman–Crippen LogP) is 0.264. The molecule has 0 radical (unpaired) electrons. The second kappa shape index (κ2) is 9.54. The van der Waals surface area contributed by atoms with Crippen LogP contribution in [0.1, 0.15) is 44.1 Å². The summed E-state index contributed by atoms with van der Waals surface area (Å²) in [7, 11) is 2.11. The van der Waals surface area contributed by atoms with Crippen LogP contribution >= 0.6 is 0 Å². The minimum atomic E-state index is -1.51. The molecule has 1 aromatic carbocycles. The lowest BCUT2D eigenvalue weighted by molar-refractivity contribution is -0.173. The normalized spacial score (nSPS) is 20.8. The van der Waals surface area contributed by atoms with Crippen LogP contribution in [0.3, 0.4) is 0 Å². The average molecular weight is 379 g/mol. The van der Waals surface area contributed by atoms with Crippen molar-refractivity contribution >= 4 is 5.97 Å². The molecule has 0 aromatic heterocycles. The largest absolute Gasteiger partial charge is 1.00 e. The molecule has 1 aromatic rings. The number of ether oxygens (including phenoxy) is 1. The van der Waals surface area contributed by atoms with Crippen molar-refractivity contribution < 1.29 is 27.0 Å². The summed E-state index contributed by atoms with van der Waals surface area (Å²) >= 11 is 0. The van der Waals surface area contributed by atoms with E-state index in [4.69, 9.17) is 4.74 Å². The second-order valence-corrected chi connectivity index (χ2v) is 7.37. The molecule has 0 spiro atoms. The number of aliphatic hydroxyl groups is 1. The van der Waals surface area contributed by atoms with Gasteiger partial charge in [-0.2, -0.15) is 0 Å². The summed E-state index contributed by atoms with van der Waals surface area (Å²) in [4.78, 5) is 15.1. The average Bonchev–Trinajstić information content (AvgIpc) is 3.18. The Labute approximate surface area is 162 Å². The van der Waals surface area contributed by atoms with Gasteiger partial charge < -0.3 is 27.2 Å². The zero-order valence-corrected chi connectivity index (χ0v) is 16.3. The van der Waals surface area contributed by atoms with Crippen LogP contribution < -0.4 is 12.4 Å². The number of carbonyl (C=O) groups is 1. The molecule has 1 heterocycles. The molecule has 1 atom stereocenters. The van der Waals surface area contributed by atoms with Crippen LogP contribution in [0, 0.1) is 5.92 Å². The summed E-state index contributed by atoms with van der Waals surface area (Å²) < 4.78 is 5.56. The van der Waals surface area contributed by atoms with E-state index in [0.717, 1.165) is 51.6 Å². The highest BCUT2D eigenvalue weighted by atomic mass is 35.5. The first-order chi connectivity index (χ1) is 12.1. The van der Waals surface area contributed by atoms with Crippen LogP contribution in [0.5, 0.6) is 0 Å². The van der Waals surface area contributed by atoms with Gasteiger partial charge in [-0.3, -0.25) is 0 Å². The number of halogens is 1. The monoisotopic (exact) mass is 378 g/mol. The number of rotatable bonds is 6. The first-order valence-corrected chi connectivity index (χ1v) is 9.42. The number of carbonyl (C=O) groups excluding carboxylic acids is 1. The number of hydrogen-bond donors (Lipinski definition) is 1. The molecule has 1 aliphatic heterocycles. The van der Waals surface area contributed by atoms with Gasteiger partial charge in [-0.15, -0.1) is 0 Å². The number of benzene rings is 1. The Hall–Kier alpha value is -1.36. The zero-order chi connectivity index (χ0) is 17.7. The number of likely N-dealkylation sites (N-methyl/N-ethyl adjacent to an activating group) is 1. The first-order valence-electron chi connectivity index (χ1n) is 9.42. The van der Waals surface area contributed by atoms with Crippen molar-refractivity contribution in [1.29, 1.82) is 0 Å². The lowest BCUT2D eigenvalue weighted by Crippen LogP contribution is -3.00. The van der Waals surface area contributed by atoms with Gasteiger partial charge in [0.25, 0.3) is 0 Å². The Kier molecular flexibility index (Phi) is 7.69. The van der Waals surface area contributed by atoms with Crippen molar-refractivity contribution in [3.8, 4) is 0 Å². The quantitative estimate of drug-likeness (QED) is 0.570. The fourth-order valence-corrected chi connectivity index (χ4v) is 3.98. The molecule has 0 amide bonds. The molecule has 1 aliphatic carbocycles. The molecule has 1 fully saturated rings. The molecular weight excluding hydrogens is 350 g/mol. The Morgan fingerprint density at radius 3 is 2.58 bits per heavy atom. The van der Waals surface area contributed by atoms with Crippen molar-refractivity contribution in [2.75, 3.05) is 26.7 Å². The van der Waals surface area contributed by atoms with Crippen LogP contribution in [0.4, 0.5) is 0 Å². The van der Waals surface area contributed by atoms with Crippen LogP contribution in [-0.4, -0.2) is 42.7 Å². The predicted molar refractivity (Wildman–Crippen MR) is 98.1 cm³/mol. The van der Waals surface area contributed by atoms with E-state index in [-0.39, 0.29) is 18.3 Å². The van der Waals surface area contributed by atoms with Gasteiger partial charge in [0, 0.05) is 25.4 Å². The fraction of sp³-hybridized carbons (Fsp3) is 0.571. The SMILES string of the molecule is CN1CC=C(CCOC(=O)C(O)(c2ccccc2)C2CCCC2)CC1.[Cl-]. The molecule has 1 unspecified atom stereocenters. The van der Waals surface area contributed by atoms with Crippen LogP contribution in [0.2, 0.25) is 0 Å². The smallest absolute Gasteiger partial charge is 0.343 e. The maximum absolute atomic E-state index is 12.8. The van der Waals surface area contributed by atoms with Gasteiger partial charge in [0.15, 0.2) is 5.60 Å². The molecule has 144 valence electrons. The van der Waals surface area contributed by atoms with Crippen molar-refractivity contribution in [3.05, 3.63) is 47.5 Å². The summed E-state index contributed by atoms with van der Waals surface area (Å²) in [5.41, 5.74) is 0.485. The molecule has 1 saturated carbocycles. The molecule has 1 N–H and O–H groups in total. The van der Waals surface area contributed by atoms with E-state index in [0.29, 0.717) is 12.2 Å². The summed E-state index contributed by atoms with van der Waals surface area (Å²) in [6.07, 6.45) is 7.88. The highest BCUT2D eigenvalue weighted by Gasteiger charge is 2.47. The van der Waals surface area contributed by atoms with Gasteiger partial charge in [0.2, 0.25) is 0 Å². The highest BCUT2D eigenvalue weighted by molar-refractivity contribution is 5.81. The molecule has 4 nitrogen and oxygen atoms in total. The van der Waals surface area contributed by atoms with Crippen molar-refractivity contribution in [3.63, 3.8) is 0 Å². The van der Waals surface area contributed by atoms with E-state index in [1.54, 1.807) is 0 Å². The molecule has 0 bridgehead atoms. The second-order valence-electron chi connectivity index (χ2n) is 7.37. The molecule has 2 aliphatic rings. The molecule has 0 saturated heterocycles. The third kappa shape index (κ3) is 4.67. The van der Waals surface area contributed by atoms with Crippen LogP contribution in [0.15, 0.2) is 42.0 Å². The van der Waals surface area contributed by atoms with Gasteiger partial charge in [-0.25, -0.2) is 4.79 Å². The van der Waals surface area contributed by atoms with Gasteiger partial charge in [-0.05, 0) is 31.9 Å². The molecule has 3 rings (SSSR count). The Balaban J connectivity index is 0.00000243. The van der Waals surface area contributed by atoms with E-state index >= 15 is 0 Å². The summed E-state index contributed by atoms with van der Waals surface area (Å²) in [5, 5.41) is 11.3. The zero-order valence-electron chi connectivity index (χ0n) is 15.5.